The highest BCUT2D eigenvalue weighted by Crippen LogP contribution is 2.09. The van der Waals surface area contributed by atoms with Crippen molar-refractivity contribution in [2.45, 2.75) is 13.0 Å². The summed E-state index contributed by atoms with van der Waals surface area (Å²) in [6.45, 7) is 5.94. The Morgan fingerprint density at radius 3 is 2.80 bits per heavy atom. The van der Waals surface area contributed by atoms with Gasteiger partial charge in [0, 0.05) is 32.4 Å². The van der Waals surface area contributed by atoms with Gasteiger partial charge in [0.2, 0.25) is 0 Å². The predicted octanol–water partition coefficient (Wildman–Crippen LogP) is -0.134. The second-order valence-corrected chi connectivity index (χ2v) is 5.16. The first-order valence-electron chi connectivity index (χ1n) is 7.04. The summed E-state index contributed by atoms with van der Waals surface area (Å²) in [5.74, 6) is 0.0110. The maximum Gasteiger partial charge on any atom is 0.141 e. The highest BCUT2D eigenvalue weighted by molar-refractivity contribution is 5.93. The van der Waals surface area contributed by atoms with E-state index in [4.69, 9.17) is 16.2 Å². The van der Waals surface area contributed by atoms with Crippen LogP contribution < -0.4 is 5.73 Å². The highest BCUT2D eigenvalue weighted by atomic mass is 16.3. The first-order chi connectivity index (χ1) is 9.69. The standard InChI is InChI=1S/C14H23N5O/c15-14(16)13-10-12(2-3-17-13)11-19-5-1-4-18(6-7-19)8-9-20/h2-3,10,20H,1,4-9,11H2,(H3,15,16). The number of hydrogen-bond acceptors (Lipinski definition) is 5. The molecule has 0 bridgehead atoms. The van der Waals surface area contributed by atoms with Crippen LogP contribution in [0.1, 0.15) is 17.7 Å². The van der Waals surface area contributed by atoms with Crippen molar-refractivity contribution < 1.29 is 5.11 Å². The minimum atomic E-state index is 0.0110. The molecule has 2 heterocycles. The lowest BCUT2D eigenvalue weighted by Gasteiger charge is -2.21. The molecule has 1 saturated heterocycles. The van der Waals surface area contributed by atoms with Crippen LogP contribution in [0.25, 0.3) is 0 Å². The molecule has 1 aliphatic rings. The summed E-state index contributed by atoms with van der Waals surface area (Å²) >= 11 is 0. The molecule has 0 unspecified atom stereocenters. The fraction of sp³-hybridized carbons (Fsp3) is 0.571. The average Bonchev–Trinajstić information content (AvgIpc) is 2.65. The molecular weight excluding hydrogens is 254 g/mol. The van der Waals surface area contributed by atoms with Crippen LogP contribution in [0.2, 0.25) is 0 Å². The monoisotopic (exact) mass is 277 g/mol. The number of aliphatic hydroxyl groups is 1. The molecule has 6 heteroatoms. The maximum absolute atomic E-state index is 9.00. The van der Waals surface area contributed by atoms with Crippen molar-refractivity contribution >= 4 is 5.84 Å². The number of nitrogens with one attached hydrogen (secondary N) is 1. The largest absolute Gasteiger partial charge is 0.395 e. The van der Waals surface area contributed by atoms with Gasteiger partial charge in [-0.1, -0.05) is 0 Å². The predicted molar refractivity (Wildman–Crippen MR) is 78.7 cm³/mol. The molecule has 0 spiro atoms. The second kappa shape index (κ2) is 7.33. The quantitative estimate of drug-likeness (QED) is 0.515. The number of β-amino-alcohol motifs (C(OH)–C–C–N with tert-alkyl or cyclic N) is 1. The molecule has 0 radical (unpaired) electrons. The van der Waals surface area contributed by atoms with Gasteiger partial charge in [-0.05, 0) is 37.2 Å². The van der Waals surface area contributed by atoms with Gasteiger partial charge in [-0.25, -0.2) is 0 Å². The van der Waals surface area contributed by atoms with E-state index in [1.165, 1.54) is 0 Å². The van der Waals surface area contributed by atoms with Crippen molar-refractivity contribution in [2.75, 3.05) is 39.3 Å². The topological polar surface area (TPSA) is 89.5 Å². The normalized spacial score (nSPS) is 17.9. The Bertz CT molecular complexity index is 451. The van der Waals surface area contributed by atoms with E-state index < -0.39 is 0 Å². The molecule has 20 heavy (non-hydrogen) atoms. The van der Waals surface area contributed by atoms with E-state index in [2.05, 4.69) is 14.8 Å². The first kappa shape index (κ1) is 14.9. The van der Waals surface area contributed by atoms with Crippen molar-refractivity contribution in [3.8, 4) is 0 Å². The summed E-state index contributed by atoms with van der Waals surface area (Å²) in [6.07, 6.45) is 2.83. The van der Waals surface area contributed by atoms with E-state index in [0.29, 0.717) is 5.69 Å². The molecule has 4 N–H and O–H groups in total. The summed E-state index contributed by atoms with van der Waals surface area (Å²) in [7, 11) is 0. The molecule has 0 saturated carbocycles. The summed E-state index contributed by atoms with van der Waals surface area (Å²) in [5, 5.41) is 16.4. The molecule has 2 rings (SSSR count). The molecule has 0 aliphatic carbocycles. The summed E-state index contributed by atoms with van der Waals surface area (Å²) in [6, 6.07) is 3.86. The van der Waals surface area contributed by atoms with E-state index in [1.54, 1.807) is 6.20 Å². The van der Waals surface area contributed by atoms with E-state index in [-0.39, 0.29) is 12.4 Å². The lowest BCUT2D eigenvalue weighted by molar-refractivity contribution is 0.196. The average molecular weight is 277 g/mol. The summed E-state index contributed by atoms with van der Waals surface area (Å²) < 4.78 is 0. The molecule has 0 atom stereocenters. The Balaban J connectivity index is 1.93. The zero-order chi connectivity index (χ0) is 14.4. The van der Waals surface area contributed by atoms with Crippen LogP contribution in [-0.4, -0.2) is 65.1 Å². The second-order valence-electron chi connectivity index (χ2n) is 5.16. The number of nitrogen functional groups attached to an aromatic ring is 1. The Labute approximate surface area is 119 Å². The van der Waals surface area contributed by atoms with Gasteiger partial charge in [0.15, 0.2) is 0 Å². The van der Waals surface area contributed by atoms with Gasteiger partial charge >= 0.3 is 0 Å². The van der Waals surface area contributed by atoms with Crippen LogP contribution in [0.3, 0.4) is 0 Å². The van der Waals surface area contributed by atoms with Crippen molar-refractivity contribution in [3.63, 3.8) is 0 Å². The number of pyridine rings is 1. The van der Waals surface area contributed by atoms with Crippen LogP contribution in [0.4, 0.5) is 0 Å². The third-order valence-corrected chi connectivity index (χ3v) is 3.60. The number of nitrogens with two attached hydrogens (primary N) is 1. The lowest BCUT2D eigenvalue weighted by Crippen LogP contribution is -2.32. The number of aromatic nitrogens is 1. The SMILES string of the molecule is N=C(N)c1cc(CN2CCCN(CCO)CC2)ccn1. The van der Waals surface area contributed by atoms with Crippen LogP contribution >= 0.6 is 0 Å². The van der Waals surface area contributed by atoms with E-state index in [9.17, 15) is 0 Å². The lowest BCUT2D eigenvalue weighted by atomic mass is 10.2. The number of aliphatic hydroxyl groups excluding tert-OH is 1. The van der Waals surface area contributed by atoms with E-state index in [1.807, 2.05) is 12.1 Å². The fourth-order valence-electron chi connectivity index (χ4n) is 2.53. The molecule has 1 aromatic rings. The maximum atomic E-state index is 9.00. The minimum Gasteiger partial charge on any atom is -0.395 e. The Morgan fingerprint density at radius 2 is 2.05 bits per heavy atom. The van der Waals surface area contributed by atoms with Gasteiger partial charge in [0.1, 0.15) is 11.5 Å². The molecular formula is C14H23N5O. The van der Waals surface area contributed by atoms with Crippen LogP contribution in [0.5, 0.6) is 0 Å². The summed E-state index contributed by atoms with van der Waals surface area (Å²) in [5.41, 5.74) is 7.15. The zero-order valence-electron chi connectivity index (χ0n) is 11.8. The van der Waals surface area contributed by atoms with Crippen molar-refractivity contribution in [3.05, 3.63) is 29.6 Å². The van der Waals surface area contributed by atoms with E-state index >= 15 is 0 Å². The van der Waals surface area contributed by atoms with Gasteiger partial charge in [-0.2, -0.15) is 0 Å². The van der Waals surface area contributed by atoms with Crippen molar-refractivity contribution in [1.29, 1.82) is 5.41 Å². The third-order valence-electron chi connectivity index (χ3n) is 3.60. The molecule has 6 nitrogen and oxygen atoms in total. The highest BCUT2D eigenvalue weighted by Gasteiger charge is 2.14. The zero-order valence-corrected chi connectivity index (χ0v) is 11.8. The Hall–Kier alpha value is -1.50. The van der Waals surface area contributed by atoms with Crippen LogP contribution in [0.15, 0.2) is 18.3 Å². The Kier molecular flexibility index (Phi) is 5.46. The van der Waals surface area contributed by atoms with Crippen molar-refractivity contribution in [1.82, 2.24) is 14.8 Å². The molecule has 110 valence electrons. The number of amidine groups is 1. The minimum absolute atomic E-state index is 0.0110. The van der Waals surface area contributed by atoms with Crippen LogP contribution in [-0.2, 0) is 6.54 Å². The summed E-state index contributed by atoms with van der Waals surface area (Å²) in [4.78, 5) is 8.78. The van der Waals surface area contributed by atoms with Gasteiger partial charge in [0.25, 0.3) is 0 Å². The van der Waals surface area contributed by atoms with Crippen molar-refractivity contribution in [2.24, 2.45) is 5.73 Å². The number of hydrogen-bond donors (Lipinski definition) is 3. The Morgan fingerprint density at radius 1 is 1.30 bits per heavy atom. The third kappa shape index (κ3) is 4.26. The molecule has 1 aliphatic heterocycles. The number of rotatable bonds is 5. The molecule has 0 amide bonds. The number of nitrogens with zero attached hydrogens (tertiary/aromatic N) is 3. The van der Waals surface area contributed by atoms with Gasteiger partial charge in [0.05, 0.1) is 6.61 Å². The van der Waals surface area contributed by atoms with E-state index in [0.717, 1.165) is 51.3 Å². The fourth-order valence-corrected chi connectivity index (χ4v) is 2.53. The molecule has 0 aromatic carbocycles. The smallest absolute Gasteiger partial charge is 0.141 e. The molecule has 1 aromatic heterocycles. The molecule has 1 fully saturated rings. The van der Waals surface area contributed by atoms with Crippen LogP contribution in [0, 0.1) is 5.41 Å². The first-order valence-corrected chi connectivity index (χ1v) is 7.04. The van der Waals surface area contributed by atoms with Gasteiger partial charge < -0.3 is 10.8 Å². The van der Waals surface area contributed by atoms with Gasteiger partial charge in [-0.3, -0.25) is 20.2 Å². The van der Waals surface area contributed by atoms with Gasteiger partial charge in [-0.15, -0.1) is 0 Å².